The van der Waals surface area contributed by atoms with Gasteiger partial charge in [-0.2, -0.15) is 0 Å². The van der Waals surface area contributed by atoms with E-state index in [9.17, 15) is 18.7 Å². The van der Waals surface area contributed by atoms with Gasteiger partial charge in [0.1, 0.15) is 22.5 Å². The maximum absolute atomic E-state index is 14.9. The van der Waals surface area contributed by atoms with Crippen molar-refractivity contribution in [2.75, 3.05) is 25.1 Å². The molecule has 4 N–H and O–H groups in total. The van der Waals surface area contributed by atoms with Crippen LogP contribution in [-0.2, 0) is 16.9 Å². The molecule has 1 aliphatic heterocycles. The number of rotatable bonds is 7. The predicted molar refractivity (Wildman–Crippen MR) is 132 cm³/mol. The van der Waals surface area contributed by atoms with Gasteiger partial charge in [0.15, 0.2) is 0 Å². The van der Waals surface area contributed by atoms with E-state index in [1.807, 2.05) is 12.1 Å². The molecule has 186 valence electrons. The number of halogens is 2. The molecule has 1 saturated heterocycles. The third kappa shape index (κ3) is 5.67. The molecular formula is C25H28F2N4O3S. The van der Waals surface area contributed by atoms with Crippen LogP contribution in [0.5, 0.6) is 0 Å². The van der Waals surface area contributed by atoms with Crippen molar-refractivity contribution in [1.82, 2.24) is 9.88 Å². The second kappa shape index (κ2) is 9.98. The lowest BCUT2D eigenvalue weighted by atomic mass is 9.96. The number of nitrogens with two attached hydrogens (primary N) is 1. The van der Waals surface area contributed by atoms with Crippen LogP contribution in [0.15, 0.2) is 36.4 Å². The molecule has 0 spiro atoms. The van der Waals surface area contributed by atoms with E-state index in [0.717, 1.165) is 35.7 Å². The molecule has 4 rings (SSSR count). The summed E-state index contributed by atoms with van der Waals surface area (Å²) < 4.78 is 35.3. The van der Waals surface area contributed by atoms with Crippen LogP contribution in [0.4, 0.5) is 19.6 Å². The SMILES string of the molecule is C[C@@H]1COCCN1Cc1cccc(Nc2sc(-c3c(F)cc(C(C)(C)O)cc3F)cc2C(N)=O)n1. The molecule has 1 amide bonds. The summed E-state index contributed by atoms with van der Waals surface area (Å²) in [5.41, 5.74) is 4.90. The number of nitrogens with zero attached hydrogens (tertiary/aromatic N) is 2. The number of carbonyl (C=O) groups is 1. The highest BCUT2D eigenvalue weighted by Gasteiger charge is 2.25. The fraction of sp³-hybridized carbons (Fsp3) is 0.360. The van der Waals surface area contributed by atoms with Gasteiger partial charge in [-0.25, -0.2) is 13.8 Å². The maximum atomic E-state index is 14.9. The normalized spacial score (nSPS) is 16.9. The van der Waals surface area contributed by atoms with E-state index in [1.54, 1.807) is 6.07 Å². The van der Waals surface area contributed by atoms with Crippen molar-refractivity contribution in [3.05, 3.63) is 64.9 Å². The van der Waals surface area contributed by atoms with E-state index in [2.05, 4.69) is 22.1 Å². The highest BCUT2D eigenvalue weighted by atomic mass is 32.1. The number of morpholine rings is 1. The van der Waals surface area contributed by atoms with E-state index < -0.39 is 23.1 Å². The van der Waals surface area contributed by atoms with Gasteiger partial charge in [0.05, 0.1) is 35.6 Å². The zero-order valence-electron chi connectivity index (χ0n) is 19.8. The topological polar surface area (TPSA) is 101 Å². The first-order valence-corrected chi connectivity index (χ1v) is 12.0. The number of aliphatic hydroxyl groups is 1. The smallest absolute Gasteiger partial charge is 0.251 e. The lowest BCUT2D eigenvalue weighted by Gasteiger charge is -2.32. The van der Waals surface area contributed by atoms with Gasteiger partial charge in [-0.05, 0) is 56.7 Å². The Balaban J connectivity index is 1.63. The van der Waals surface area contributed by atoms with E-state index >= 15 is 0 Å². The van der Waals surface area contributed by atoms with Crippen LogP contribution >= 0.6 is 11.3 Å². The van der Waals surface area contributed by atoms with Gasteiger partial charge in [-0.1, -0.05) is 6.07 Å². The number of carbonyl (C=O) groups excluding carboxylic acids is 1. The maximum Gasteiger partial charge on any atom is 0.251 e. The van der Waals surface area contributed by atoms with Crippen molar-refractivity contribution in [3.8, 4) is 10.4 Å². The summed E-state index contributed by atoms with van der Waals surface area (Å²) in [6, 6.07) is 9.33. The highest BCUT2D eigenvalue weighted by molar-refractivity contribution is 7.20. The summed E-state index contributed by atoms with van der Waals surface area (Å²) in [5, 5.41) is 13.5. The summed E-state index contributed by atoms with van der Waals surface area (Å²) >= 11 is 0.998. The fourth-order valence-corrected chi connectivity index (χ4v) is 5.03. The van der Waals surface area contributed by atoms with Gasteiger partial charge in [0.25, 0.3) is 5.91 Å². The molecule has 1 fully saturated rings. The van der Waals surface area contributed by atoms with Crippen LogP contribution in [-0.4, -0.2) is 46.7 Å². The van der Waals surface area contributed by atoms with E-state index in [1.165, 1.54) is 19.9 Å². The van der Waals surface area contributed by atoms with Crippen molar-refractivity contribution in [3.63, 3.8) is 0 Å². The molecule has 35 heavy (non-hydrogen) atoms. The first-order chi connectivity index (χ1) is 16.5. The summed E-state index contributed by atoms with van der Waals surface area (Å²) in [6.07, 6.45) is 0. The minimum atomic E-state index is -1.41. The van der Waals surface area contributed by atoms with E-state index in [0.29, 0.717) is 30.6 Å². The van der Waals surface area contributed by atoms with Crippen molar-refractivity contribution < 1.29 is 23.4 Å². The number of ether oxygens (including phenoxy) is 1. The van der Waals surface area contributed by atoms with Crippen molar-refractivity contribution in [1.29, 1.82) is 0 Å². The number of nitrogens with one attached hydrogen (secondary N) is 1. The Kier molecular flexibility index (Phi) is 7.18. The van der Waals surface area contributed by atoms with Crippen LogP contribution in [0.3, 0.4) is 0 Å². The first-order valence-electron chi connectivity index (χ1n) is 11.2. The molecule has 0 radical (unpaired) electrons. The summed E-state index contributed by atoms with van der Waals surface area (Å²) in [5.74, 6) is -1.93. The quantitative estimate of drug-likeness (QED) is 0.443. The highest BCUT2D eigenvalue weighted by Crippen LogP contribution is 2.40. The lowest BCUT2D eigenvalue weighted by Crippen LogP contribution is -2.43. The Hall–Kier alpha value is -2.92. The van der Waals surface area contributed by atoms with Gasteiger partial charge < -0.3 is 20.9 Å². The molecule has 2 aromatic heterocycles. The minimum Gasteiger partial charge on any atom is -0.386 e. The second-order valence-corrected chi connectivity index (χ2v) is 10.2. The third-order valence-corrected chi connectivity index (χ3v) is 6.98. The summed E-state index contributed by atoms with van der Waals surface area (Å²) in [4.78, 5) is 19.2. The number of aromatic nitrogens is 1. The predicted octanol–water partition coefficient (Wildman–Crippen LogP) is 4.38. The molecule has 1 aromatic carbocycles. The molecule has 1 atom stereocenters. The molecule has 1 aliphatic rings. The zero-order chi connectivity index (χ0) is 25.3. The average Bonchev–Trinajstić information content (AvgIpc) is 3.18. The summed E-state index contributed by atoms with van der Waals surface area (Å²) in [6.45, 7) is 7.78. The van der Waals surface area contributed by atoms with E-state index in [4.69, 9.17) is 10.5 Å². The van der Waals surface area contributed by atoms with Crippen molar-refractivity contribution in [2.45, 2.75) is 39.0 Å². The van der Waals surface area contributed by atoms with Gasteiger partial charge in [0, 0.05) is 24.0 Å². The van der Waals surface area contributed by atoms with Crippen LogP contribution in [0.1, 0.15) is 42.4 Å². The number of benzene rings is 1. The molecule has 0 unspecified atom stereocenters. The van der Waals surface area contributed by atoms with Crippen LogP contribution in [0, 0.1) is 11.6 Å². The first kappa shape index (κ1) is 25.2. The van der Waals surface area contributed by atoms with Crippen LogP contribution < -0.4 is 11.1 Å². The lowest BCUT2D eigenvalue weighted by molar-refractivity contribution is -0.00488. The molecule has 0 saturated carbocycles. The average molecular weight is 503 g/mol. The van der Waals surface area contributed by atoms with Crippen molar-refractivity contribution in [2.24, 2.45) is 5.73 Å². The van der Waals surface area contributed by atoms with E-state index in [-0.39, 0.29) is 27.6 Å². The molecule has 0 bridgehead atoms. The van der Waals surface area contributed by atoms with Gasteiger partial charge in [0.2, 0.25) is 0 Å². The van der Waals surface area contributed by atoms with Crippen LogP contribution in [0.25, 0.3) is 10.4 Å². The molecule has 3 heterocycles. The Bertz CT molecular complexity index is 1220. The van der Waals surface area contributed by atoms with Gasteiger partial charge >= 0.3 is 0 Å². The standard InChI is InChI=1S/C25H28F2N4O3S/c1-14-13-34-8-7-31(14)12-16-5-4-6-21(29-16)30-24-17(23(28)32)11-20(35-24)22-18(26)9-15(10-19(22)27)25(2,3)33/h4-6,9-11,14,33H,7-8,12-13H2,1-3H3,(H2,28,32)(H,29,30)/t14-/m1/s1. The Labute approximate surface area is 206 Å². The number of anilines is 2. The number of hydrogen-bond donors (Lipinski definition) is 3. The number of hydrogen-bond acceptors (Lipinski definition) is 7. The number of primary amides is 1. The molecule has 0 aliphatic carbocycles. The number of thiophene rings is 1. The molecule has 7 nitrogen and oxygen atoms in total. The van der Waals surface area contributed by atoms with Gasteiger partial charge in [-0.15, -0.1) is 11.3 Å². The number of amides is 1. The number of pyridine rings is 1. The third-order valence-electron chi connectivity index (χ3n) is 5.91. The van der Waals surface area contributed by atoms with Gasteiger partial charge in [-0.3, -0.25) is 9.69 Å². The molecule has 10 heteroatoms. The minimum absolute atomic E-state index is 0.101. The largest absolute Gasteiger partial charge is 0.386 e. The van der Waals surface area contributed by atoms with Crippen LogP contribution in [0.2, 0.25) is 0 Å². The Morgan fingerprint density at radius 2 is 2.03 bits per heavy atom. The zero-order valence-corrected chi connectivity index (χ0v) is 20.6. The second-order valence-electron chi connectivity index (χ2n) is 9.13. The fourth-order valence-electron chi connectivity index (χ4n) is 3.91. The molecule has 3 aromatic rings. The van der Waals surface area contributed by atoms with Crippen molar-refractivity contribution >= 4 is 28.1 Å². The molecular weight excluding hydrogens is 474 g/mol. The monoisotopic (exact) mass is 502 g/mol. The Morgan fingerprint density at radius 3 is 2.66 bits per heavy atom. The Morgan fingerprint density at radius 1 is 1.31 bits per heavy atom. The summed E-state index contributed by atoms with van der Waals surface area (Å²) in [7, 11) is 0.